The normalized spacial score (nSPS) is 18.6. The van der Waals surface area contributed by atoms with E-state index in [1.54, 1.807) is 4.31 Å². The van der Waals surface area contributed by atoms with Crippen molar-refractivity contribution >= 4 is 22.6 Å². The van der Waals surface area contributed by atoms with E-state index in [0.29, 0.717) is 25.6 Å². The molecule has 18 heavy (non-hydrogen) atoms. The van der Waals surface area contributed by atoms with Gasteiger partial charge in [-0.25, -0.2) is 4.72 Å². The van der Waals surface area contributed by atoms with Crippen LogP contribution < -0.4 is 10.0 Å². The minimum Gasteiger partial charge on any atom is -0.317 e. The summed E-state index contributed by atoms with van der Waals surface area (Å²) in [5.74, 6) is 0.618. The standard InChI is InChI=1S/C11H25N3O2S.ClH/c1-3-7-13-17(15,16)14-8-5-11(6-9-14)10-12-4-2;/h11-13H,3-10H2,1-2H3;1H. The van der Waals surface area contributed by atoms with Gasteiger partial charge >= 0.3 is 0 Å². The maximum Gasteiger partial charge on any atom is 0.279 e. The molecular weight excluding hydrogens is 274 g/mol. The Morgan fingerprint density at radius 3 is 2.33 bits per heavy atom. The molecule has 0 aromatic rings. The highest BCUT2D eigenvalue weighted by Crippen LogP contribution is 2.18. The van der Waals surface area contributed by atoms with E-state index in [9.17, 15) is 8.42 Å². The van der Waals surface area contributed by atoms with Crippen LogP contribution in [-0.2, 0) is 10.2 Å². The van der Waals surface area contributed by atoms with Gasteiger partial charge in [0.05, 0.1) is 0 Å². The van der Waals surface area contributed by atoms with E-state index in [-0.39, 0.29) is 12.4 Å². The van der Waals surface area contributed by atoms with Crippen molar-refractivity contribution in [2.45, 2.75) is 33.1 Å². The molecule has 0 spiro atoms. The van der Waals surface area contributed by atoms with Crippen molar-refractivity contribution in [1.29, 1.82) is 0 Å². The van der Waals surface area contributed by atoms with Gasteiger partial charge < -0.3 is 5.32 Å². The molecule has 5 nitrogen and oxygen atoms in total. The van der Waals surface area contributed by atoms with Crippen LogP contribution >= 0.6 is 12.4 Å². The molecule has 0 bridgehead atoms. The zero-order valence-electron chi connectivity index (χ0n) is 11.3. The minimum atomic E-state index is -3.23. The number of hydrogen-bond donors (Lipinski definition) is 2. The summed E-state index contributed by atoms with van der Waals surface area (Å²) in [6.07, 6.45) is 2.75. The highest BCUT2D eigenvalue weighted by Gasteiger charge is 2.26. The molecule has 1 aliphatic heterocycles. The van der Waals surface area contributed by atoms with Crippen LogP contribution in [0.5, 0.6) is 0 Å². The number of halogens is 1. The molecule has 0 aliphatic carbocycles. The first kappa shape index (κ1) is 18.1. The summed E-state index contributed by atoms with van der Waals surface area (Å²) in [4.78, 5) is 0. The maximum atomic E-state index is 11.9. The Morgan fingerprint density at radius 2 is 1.83 bits per heavy atom. The molecule has 0 unspecified atom stereocenters. The Bertz CT molecular complexity index is 303. The van der Waals surface area contributed by atoms with E-state index in [1.165, 1.54) is 0 Å². The first-order valence-electron chi connectivity index (χ1n) is 6.55. The molecule has 1 aliphatic rings. The second-order valence-corrected chi connectivity index (χ2v) is 6.30. The van der Waals surface area contributed by atoms with Crippen LogP contribution in [0.15, 0.2) is 0 Å². The third-order valence-corrected chi connectivity index (χ3v) is 4.74. The summed E-state index contributed by atoms with van der Waals surface area (Å²) < 4.78 is 27.9. The highest BCUT2D eigenvalue weighted by atomic mass is 35.5. The van der Waals surface area contributed by atoms with Gasteiger partial charge in [-0.3, -0.25) is 0 Å². The first-order chi connectivity index (χ1) is 8.10. The molecule has 110 valence electrons. The average molecular weight is 300 g/mol. The lowest BCUT2D eigenvalue weighted by atomic mass is 9.98. The number of nitrogens with zero attached hydrogens (tertiary/aromatic N) is 1. The predicted octanol–water partition coefficient (Wildman–Crippen LogP) is 0.974. The van der Waals surface area contributed by atoms with Gasteiger partial charge in [0, 0.05) is 19.6 Å². The Kier molecular flexibility index (Phi) is 9.15. The summed E-state index contributed by atoms with van der Waals surface area (Å²) in [6, 6.07) is 0. The van der Waals surface area contributed by atoms with Crippen LogP contribution in [0.2, 0.25) is 0 Å². The zero-order chi connectivity index (χ0) is 12.7. The van der Waals surface area contributed by atoms with Crippen LogP contribution in [0.3, 0.4) is 0 Å². The van der Waals surface area contributed by atoms with Gasteiger partial charge in [0.25, 0.3) is 10.2 Å². The van der Waals surface area contributed by atoms with Crippen LogP contribution in [0, 0.1) is 5.92 Å². The molecule has 0 amide bonds. The SMILES string of the molecule is CCCNS(=O)(=O)N1CCC(CNCC)CC1.Cl. The molecule has 7 heteroatoms. The lowest BCUT2D eigenvalue weighted by molar-refractivity contribution is 0.266. The summed E-state index contributed by atoms with van der Waals surface area (Å²) in [5, 5.41) is 3.32. The summed E-state index contributed by atoms with van der Waals surface area (Å²) >= 11 is 0. The lowest BCUT2D eigenvalue weighted by Gasteiger charge is -2.31. The third kappa shape index (κ3) is 5.84. The van der Waals surface area contributed by atoms with Crippen LogP contribution in [0.4, 0.5) is 0 Å². The Balaban J connectivity index is 0.00000289. The molecule has 0 saturated carbocycles. The molecule has 1 rings (SSSR count). The van der Waals surface area contributed by atoms with Gasteiger partial charge in [-0.1, -0.05) is 13.8 Å². The first-order valence-corrected chi connectivity index (χ1v) is 7.99. The number of hydrogen-bond acceptors (Lipinski definition) is 3. The molecular formula is C11H26ClN3O2S. The van der Waals surface area contributed by atoms with Crippen molar-refractivity contribution in [2.24, 2.45) is 5.92 Å². The van der Waals surface area contributed by atoms with E-state index in [4.69, 9.17) is 0 Å². The second kappa shape index (κ2) is 9.09. The van der Waals surface area contributed by atoms with Crippen molar-refractivity contribution in [2.75, 3.05) is 32.7 Å². The quantitative estimate of drug-likeness (QED) is 0.736. The lowest BCUT2D eigenvalue weighted by Crippen LogP contribution is -2.46. The highest BCUT2D eigenvalue weighted by molar-refractivity contribution is 7.87. The van der Waals surface area contributed by atoms with Gasteiger partial charge in [0.1, 0.15) is 0 Å². The van der Waals surface area contributed by atoms with E-state index in [0.717, 1.165) is 32.4 Å². The largest absolute Gasteiger partial charge is 0.317 e. The van der Waals surface area contributed by atoms with E-state index in [1.807, 2.05) is 6.92 Å². The second-order valence-electron chi connectivity index (χ2n) is 4.55. The zero-order valence-corrected chi connectivity index (χ0v) is 12.9. The van der Waals surface area contributed by atoms with Gasteiger partial charge in [0.15, 0.2) is 0 Å². The summed E-state index contributed by atoms with van der Waals surface area (Å²) in [6.45, 7) is 7.87. The summed E-state index contributed by atoms with van der Waals surface area (Å²) in [7, 11) is -3.23. The Hall–Kier alpha value is 0.120. The van der Waals surface area contributed by atoms with Crippen molar-refractivity contribution in [3.63, 3.8) is 0 Å². The molecule has 0 atom stereocenters. The number of rotatable bonds is 7. The van der Waals surface area contributed by atoms with Crippen LogP contribution in [0.25, 0.3) is 0 Å². The topological polar surface area (TPSA) is 61.4 Å². The predicted molar refractivity (Wildman–Crippen MR) is 77.3 cm³/mol. The molecule has 2 N–H and O–H groups in total. The van der Waals surface area contributed by atoms with E-state index >= 15 is 0 Å². The molecule has 1 fully saturated rings. The monoisotopic (exact) mass is 299 g/mol. The van der Waals surface area contributed by atoms with E-state index < -0.39 is 10.2 Å². The smallest absolute Gasteiger partial charge is 0.279 e. The van der Waals surface area contributed by atoms with Gasteiger partial charge in [-0.15, -0.1) is 12.4 Å². The number of nitrogens with one attached hydrogen (secondary N) is 2. The Labute approximate surface area is 117 Å². The van der Waals surface area contributed by atoms with Crippen molar-refractivity contribution < 1.29 is 8.42 Å². The van der Waals surface area contributed by atoms with Gasteiger partial charge in [0.2, 0.25) is 0 Å². The van der Waals surface area contributed by atoms with Crippen LogP contribution in [0.1, 0.15) is 33.1 Å². The third-order valence-electron chi connectivity index (χ3n) is 3.13. The maximum absolute atomic E-state index is 11.9. The molecule has 0 radical (unpaired) electrons. The minimum absolute atomic E-state index is 0. The molecule has 1 heterocycles. The molecule has 0 aromatic heterocycles. The van der Waals surface area contributed by atoms with Crippen molar-refractivity contribution in [3.05, 3.63) is 0 Å². The summed E-state index contributed by atoms with van der Waals surface area (Å²) in [5.41, 5.74) is 0. The van der Waals surface area contributed by atoms with Crippen LogP contribution in [-0.4, -0.2) is 45.4 Å². The molecule has 0 aromatic carbocycles. The molecule has 1 saturated heterocycles. The van der Waals surface area contributed by atoms with Crippen molar-refractivity contribution in [1.82, 2.24) is 14.3 Å². The van der Waals surface area contributed by atoms with Crippen molar-refractivity contribution in [3.8, 4) is 0 Å². The van der Waals surface area contributed by atoms with Gasteiger partial charge in [-0.2, -0.15) is 12.7 Å². The fraction of sp³-hybridized carbons (Fsp3) is 1.00. The van der Waals surface area contributed by atoms with Gasteiger partial charge in [-0.05, 0) is 38.3 Å². The van der Waals surface area contributed by atoms with E-state index in [2.05, 4.69) is 17.0 Å². The Morgan fingerprint density at radius 1 is 1.22 bits per heavy atom. The average Bonchev–Trinajstić information content (AvgIpc) is 2.34. The number of piperidine rings is 1. The fourth-order valence-electron chi connectivity index (χ4n) is 2.02. The fourth-order valence-corrected chi connectivity index (χ4v) is 3.36.